The molecule has 1 aliphatic rings. The van der Waals surface area contributed by atoms with Crippen LogP contribution in [0.5, 0.6) is 0 Å². The van der Waals surface area contributed by atoms with Crippen LogP contribution in [-0.4, -0.2) is 53.6 Å². The van der Waals surface area contributed by atoms with Crippen molar-refractivity contribution in [2.75, 3.05) is 24.6 Å². The van der Waals surface area contributed by atoms with Gasteiger partial charge in [-0.05, 0) is 69.3 Å². The fraction of sp³-hybridized carbons (Fsp3) is 0.692. The lowest BCUT2D eigenvalue weighted by Gasteiger charge is -2.31. The van der Waals surface area contributed by atoms with Gasteiger partial charge in [0.15, 0.2) is 0 Å². The average Bonchev–Trinajstić information content (AvgIpc) is 2.72. The van der Waals surface area contributed by atoms with Crippen molar-refractivity contribution in [3.63, 3.8) is 0 Å². The summed E-state index contributed by atoms with van der Waals surface area (Å²) in [6.07, 6.45) is 6.41. The highest BCUT2D eigenvalue weighted by Crippen LogP contribution is 2.27. The second-order valence-corrected chi connectivity index (χ2v) is 9.83. The summed E-state index contributed by atoms with van der Waals surface area (Å²) in [7, 11) is 0. The highest BCUT2D eigenvalue weighted by molar-refractivity contribution is 5.97. The number of hydrogen-bond donors (Lipinski definition) is 2. The van der Waals surface area contributed by atoms with Gasteiger partial charge in [-0.1, -0.05) is 33.1 Å². The number of nitrogens with one attached hydrogen (secondary N) is 1. The van der Waals surface area contributed by atoms with E-state index in [1.54, 1.807) is 13.0 Å². The van der Waals surface area contributed by atoms with Crippen molar-refractivity contribution in [3.05, 3.63) is 29.3 Å². The number of anilines is 1. The zero-order valence-corrected chi connectivity index (χ0v) is 20.7. The van der Waals surface area contributed by atoms with E-state index in [1.165, 1.54) is 12.8 Å². The quantitative estimate of drug-likeness (QED) is 0.683. The second kappa shape index (κ2) is 12.9. The van der Waals surface area contributed by atoms with Crippen molar-refractivity contribution in [1.82, 2.24) is 10.2 Å². The number of nitrogens with zero attached hydrogens (tertiary/aromatic N) is 2. The number of fused-ring (bicyclic) bond motifs is 1. The molecule has 2 rings (SSSR count). The van der Waals surface area contributed by atoms with E-state index in [4.69, 9.17) is 0 Å². The molecule has 0 radical (unpaired) electrons. The molecule has 6 nitrogen and oxygen atoms in total. The van der Waals surface area contributed by atoms with E-state index in [0.29, 0.717) is 30.6 Å². The Bertz CT molecular complexity index is 748. The molecule has 0 saturated heterocycles. The van der Waals surface area contributed by atoms with Gasteiger partial charge in [0.05, 0.1) is 12.6 Å². The van der Waals surface area contributed by atoms with Crippen LogP contribution < -0.4 is 10.2 Å². The van der Waals surface area contributed by atoms with E-state index in [9.17, 15) is 14.7 Å². The fourth-order valence-corrected chi connectivity index (χ4v) is 4.43. The van der Waals surface area contributed by atoms with Crippen LogP contribution in [0.15, 0.2) is 18.2 Å². The minimum absolute atomic E-state index is 0.0360. The third-order valence-corrected chi connectivity index (χ3v) is 6.25. The second-order valence-electron chi connectivity index (χ2n) is 9.83. The maximum atomic E-state index is 13.0. The first-order valence-electron chi connectivity index (χ1n) is 12.3. The van der Waals surface area contributed by atoms with Crippen LogP contribution in [-0.2, 0) is 11.3 Å². The molecule has 0 saturated carbocycles. The number of benzene rings is 1. The minimum Gasteiger partial charge on any atom is -0.394 e. The van der Waals surface area contributed by atoms with Gasteiger partial charge in [-0.2, -0.15) is 0 Å². The molecule has 0 aromatic heterocycles. The molecule has 180 valence electrons. The Kier molecular flexibility index (Phi) is 10.7. The predicted octanol–water partition coefficient (Wildman–Crippen LogP) is 4.35. The molecule has 1 aromatic rings. The van der Waals surface area contributed by atoms with E-state index in [1.807, 2.05) is 17.0 Å². The molecule has 0 bridgehead atoms. The first kappa shape index (κ1) is 26.3. The largest absolute Gasteiger partial charge is 0.394 e. The summed E-state index contributed by atoms with van der Waals surface area (Å²) in [6, 6.07) is 5.78. The molecule has 0 fully saturated rings. The minimum atomic E-state index is -0.260. The topological polar surface area (TPSA) is 72.9 Å². The van der Waals surface area contributed by atoms with E-state index in [0.717, 1.165) is 43.5 Å². The SMILES string of the molecule is CC(=O)N1CCCCCCCN(C(C)C)Cc2cc(C(=O)N[C@H](CO)CC(C)C)ccc21. The third kappa shape index (κ3) is 7.89. The highest BCUT2D eigenvalue weighted by Gasteiger charge is 2.22. The van der Waals surface area contributed by atoms with Crippen LogP contribution in [0.25, 0.3) is 0 Å². The Balaban J connectivity index is 2.39. The molecule has 1 atom stereocenters. The van der Waals surface area contributed by atoms with Gasteiger partial charge in [-0.3, -0.25) is 14.5 Å². The van der Waals surface area contributed by atoms with Crippen LogP contribution in [0, 0.1) is 5.92 Å². The van der Waals surface area contributed by atoms with E-state index in [-0.39, 0.29) is 24.5 Å². The molecular weight excluding hydrogens is 402 g/mol. The van der Waals surface area contributed by atoms with Crippen molar-refractivity contribution < 1.29 is 14.7 Å². The van der Waals surface area contributed by atoms with Crippen LogP contribution in [0.4, 0.5) is 5.69 Å². The van der Waals surface area contributed by atoms with Crippen molar-refractivity contribution in [2.24, 2.45) is 5.92 Å². The molecule has 2 N–H and O–H groups in total. The molecule has 0 spiro atoms. The first-order valence-corrected chi connectivity index (χ1v) is 12.3. The van der Waals surface area contributed by atoms with Gasteiger partial charge in [0.1, 0.15) is 0 Å². The third-order valence-electron chi connectivity index (χ3n) is 6.25. The summed E-state index contributed by atoms with van der Waals surface area (Å²) < 4.78 is 0. The number of aliphatic hydroxyl groups excluding tert-OH is 1. The van der Waals surface area contributed by atoms with Crippen molar-refractivity contribution in [3.8, 4) is 0 Å². The zero-order chi connectivity index (χ0) is 23.7. The summed E-state index contributed by atoms with van der Waals surface area (Å²) in [5.41, 5.74) is 2.48. The Hall–Kier alpha value is -1.92. The first-order chi connectivity index (χ1) is 15.2. The molecule has 2 amide bonds. The highest BCUT2D eigenvalue weighted by atomic mass is 16.3. The number of amides is 2. The Labute approximate surface area is 194 Å². The van der Waals surface area contributed by atoms with Crippen LogP contribution in [0.3, 0.4) is 0 Å². The number of carbonyl (C=O) groups is 2. The van der Waals surface area contributed by atoms with Gasteiger partial charge in [0.25, 0.3) is 5.91 Å². The van der Waals surface area contributed by atoms with Crippen LogP contribution in [0.1, 0.15) is 89.1 Å². The maximum Gasteiger partial charge on any atom is 0.251 e. The molecule has 1 aliphatic heterocycles. The van der Waals surface area contributed by atoms with Crippen molar-refractivity contribution in [1.29, 1.82) is 0 Å². The van der Waals surface area contributed by atoms with Crippen molar-refractivity contribution >= 4 is 17.5 Å². The number of carbonyl (C=O) groups excluding carboxylic acids is 2. The lowest BCUT2D eigenvalue weighted by atomic mass is 10.0. The number of hydrogen-bond acceptors (Lipinski definition) is 4. The van der Waals surface area contributed by atoms with Crippen molar-refractivity contribution in [2.45, 2.75) is 91.8 Å². The Morgan fingerprint density at radius 3 is 2.28 bits per heavy atom. The van der Waals surface area contributed by atoms with Gasteiger partial charge < -0.3 is 15.3 Å². The van der Waals surface area contributed by atoms with E-state index < -0.39 is 0 Å². The summed E-state index contributed by atoms with van der Waals surface area (Å²) in [6.45, 7) is 12.5. The molecule has 1 heterocycles. The average molecular weight is 446 g/mol. The summed E-state index contributed by atoms with van der Waals surface area (Å²) in [5.74, 6) is 0.241. The molecule has 6 heteroatoms. The monoisotopic (exact) mass is 445 g/mol. The van der Waals surface area contributed by atoms with Gasteiger partial charge in [-0.25, -0.2) is 0 Å². The van der Waals surface area contributed by atoms with Gasteiger partial charge >= 0.3 is 0 Å². The lowest BCUT2D eigenvalue weighted by molar-refractivity contribution is -0.116. The molecular formula is C26H43N3O3. The van der Waals surface area contributed by atoms with Gasteiger partial charge in [0, 0.05) is 37.3 Å². The smallest absolute Gasteiger partial charge is 0.251 e. The van der Waals surface area contributed by atoms with E-state index >= 15 is 0 Å². The summed E-state index contributed by atoms with van der Waals surface area (Å²) >= 11 is 0. The predicted molar refractivity (Wildman–Crippen MR) is 131 cm³/mol. The molecule has 1 aromatic carbocycles. The fourth-order valence-electron chi connectivity index (χ4n) is 4.43. The number of rotatable bonds is 6. The number of aliphatic hydroxyl groups is 1. The molecule has 32 heavy (non-hydrogen) atoms. The molecule has 0 unspecified atom stereocenters. The normalized spacial score (nSPS) is 17.4. The Morgan fingerprint density at radius 2 is 1.69 bits per heavy atom. The summed E-state index contributed by atoms with van der Waals surface area (Å²) in [5, 5.41) is 12.6. The van der Waals surface area contributed by atoms with Crippen LogP contribution >= 0.6 is 0 Å². The van der Waals surface area contributed by atoms with E-state index in [2.05, 4.69) is 37.9 Å². The zero-order valence-electron chi connectivity index (χ0n) is 20.7. The molecule has 0 aliphatic carbocycles. The van der Waals surface area contributed by atoms with Crippen LogP contribution in [0.2, 0.25) is 0 Å². The lowest BCUT2D eigenvalue weighted by Crippen LogP contribution is -2.39. The standard InChI is InChI=1S/C26H43N3O3/c1-19(2)15-24(18-30)27-26(32)22-11-12-25-23(16-22)17-28(20(3)4)13-9-7-6-8-10-14-29(25)21(5)31/h11-12,16,19-20,24,30H,6-10,13-15,17-18H2,1-5H3,(H,27,32)/t24-/m0/s1. The summed E-state index contributed by atoms with van der Waals surface area (Å²) in [4.78, 5) is 29.8. The maximum absolute atomic E-state index is 13.0. The van der Waals surface area contributed by atoms with Gasteiger partial charge in [-0.15, -0.1) is 0 Å². The van der Waals surface area contributed by atoms with Gasteiger partial charge in [0.2, 0.25) is 5.91 Å². The Morgan fingerprint density at radius 1 is 1.03 bits per heavy atom.